The van der Waals surface area contributed by atoms with Gasteiger partial charge in [0.1, 0.15) is 21.5 Å². The second-order valence-corrected chi connectivity index (χ2v) is 10.8. The van der Waals surface area contributed by atoms with Gasteiger partial charge in [-0.1, -0.05) is 18.2 Å². The van der Waals surface area contributed by atoms with Gasteiger partial charge in [0.25, 0.3) is 0 Å². The Morgan fingerprint density at radius 3 is 2.61 bits per heavy atom. The fourth-order valence-electron chi connectivity index (χ4n) is 4.22. The molecule has 4 aromatic rings. The lowest BCUT2D eigenvalue weighted by atomic mass is 10.2. The molecule has 1 saturated carbocycles. The van der Waals surface area contributed by atoms with Crippen molar-refractivity contribution >= 4 is 33.3 Å². The summed E-state index contributed by atoms with van der Waals surface area (Å²) in [5.74, 6) is 2.42. The SMILES string of the molecule is Cc1sc2nc(CN3CCOCC3)nc(Sc3nnc(C4CC4)n3-c3ccccc3)c2c1C. The molecule has 2 fully saturated rings. The molecule has 3 aromatic heterocycles. The molecule has 0 spiro atoms. The number of benzene rings is 1. The average Bonchev–Trinajstić information content (AvgIpc) is 3.53. The normalized spacial score (nSPS) is 17.2. The van der Waals surface area contributed by atoms with E-state index in [0.717, 1.165) is 70.6 Å². The van der Waals surface area contributed by atoms with Gasteiger partial charge < -0.3 is 4.74 Å². The van der Waals surface area contributed by atoms with Crippen LogP contribution in [0.5, 0.6) is 0 Å². The maximum Gasteiger partial charge on any atom is 0.202 e. The number of morpholine rings is 1. The van der Waals surface area contributed by atoms with Crippen LogP contribution in [0.1, 0.15) is 40.8 Å². The summed E-state index contributed by atoms with van der Waals surface area (Å²) in [4.78, 5) is 14.7. The van der Waals surface area contributed by atoms with Crippen LogP contribution >= 0.6 is 23.1 Å². The maximum atomic E-state index is 5.51. The van der Waals surface area contributed by atoms with Crippen LogP contribution in [-0.2, 0) is 11.3 Å². The van der Waals surface area contributed by atoms with Gasteiger partial charge in [0.2, 0.25) is 5.16 Å². The molecule has 0 bridgehead atoms. The van der Waals surface area contributed by atoms with Gasteiger partial charge in [0.15, 0.2) is 0 Å². The predicted molar refractivity (Wildman–Crippen MR) is 130 cm³/mol. The fraction of sp³-hybridized carbons (Fsp3) is 0.417. The number of nitrogens with zero attached hydrogens (tertiary/aromatic N) is 6. The summed E-state index contributed by atoms with van der Waals surface area (Å²) < 4.78 is 7.72. The second-order valence-electron chi connectivity index (χ2n) is 8.68. The van der Waals surface area contributed by atoms with Crippen molar-refractivity contribution in [3.05, 3.63) is 52.4 Å². The summed E-state index contributed by atoms with van der Waals surface area (Å²) in [7, 11) is 0. The smallest absolute Gasteiger partial charge is 0.202 e. The van der Waals surface area contributed by atoms with E-state index in [9.17, 15) is 0 Å². The zero-order chi connectivity index (χ0) is 22.4. The van der Waals surface area contributed by atoms with Crippen molar-refractivity contribution in [3.63, 3.8) is 0 Å². The molecule has 6 rings (SSSR count). The molecule has 1 saturated heterocycles. The Labute approximate surface area is 201 Å². The van der Waals surface area contributed by atoms with Crippen molar-refractivity contribution in [2.24, 2.45) is 0 Å². The van der Waals surface area contributed by atoms with E-state index in [0.29, 0.717) is 5.92 Å². The van der Waals surface area contributed by atoms with E-state index in [1.807, 2.05) is 6.07 Å². The zero-order valence-corrected chi connectivity index (χ0v) is 20.5. The van der Waals surface area contributed by atoms with Crippen molar-refractivity contribution in [1.82, 2.24) is 29.6 Å². The number of aromatic nitrogens is 5. The first-order chi connectivity index (χ1) is 16.2. The predicted octanol–water partition coefficient (Wildman–Crippen LogP) is 4.75. The van der Waals surface area contributed by atoms with Crippen molar-refractivity contribution in [3.8, 4) is 5.69 Å². The Balaban J connectivity index is 1.42. The number of thiophene rings is 1. The Bertz CT molecular complexity index is 1290. The number of para-hydroxylation sites is 1. The van der Waals surface area contributed by atoms with Crippen molar-refractivity contribution < 1.29 is 4.74 Å². The highest BCUT2D eigenvalue weighted by molar-refractivity contribution is 7.99. The molecule has 33 heavy (non-hydrogen) atoms. The second kappa shape index (κ2) is 8.79. The van der Waals surface area contributed by atoms with Crippen LogP contribution < -0.4 is 0 Å². The number of hydrogen-bond donors (Lipinski definition) is 0. The highest BCUT2D eigenvalue weighted by Gasteiger charge is 2.31. The van der Waals surface area contributed by atoms with Crippen molar-refractivity contribution in [1.29, 1.82) is 0 Å². The highest BCUT2D eigenvalue weighted by Crippen LogP contribution is 2.43. The van der Waals surface area contributed by atoms with E-state index in [-0.39, 0.29) is 0 Å². The topological polar surface area (TPSA) is 69.0 Å². The lowest BCUT2D eigenvalue weighted by Crippen LogP contribution is -2.36. The van der Waals surface area contributed by atoms with Crippen LogP contribution in [0.3, 0.4) is 0 Å². The molecule has 0 unspecified atom stereocenters. The molecular formula is C24H26N6OS2. The lowest BCUT2D eigenvalue weighted by Gasteiger charge is -2.25. The monoisotopic (exact) mass is 478 g/mol. The molecule has 0 N–H and O–H groups in total. The van der Waals surface area contributed by atoms with Crippen LogP contribution in [0.2, 0.25) is 0 Å². The Hall–Kier alpha value is -2.33. The Kier molecular flexibility index (Phi) is 5.65. The molecule has 0 amide bonds. The van der Waals surface area contributed by atoms with Crippen LogP contribution in [0.4, 0.5) is 0 Å². The summed E-state index contributed by atoms with van der Waals surface area (Å²) in [6, 6.07) is 10.4. The van der Waals surface area contributed by atoms with Crippen LogP contribution in [0.25, 0.3) is 15.9 Å². The summed E-state index contributed by atoms with van der Waals surface area (Å²) >= 11 is 3.36. The third kappa shape index (κ3) is 4.19. The third-order valence-corrected chi connectivity index (χ3v) is 8.35. The van der Waals surface area contributed by atoms with E-state index in [1.54, 1.807) is 23.1 Å². The molecule has 7 nitrogen and oxygen atoms in total. The summed E-state index contributed by atoms with van der Waals surface area (Å²) in [6.07, 6.45) is 2.36. The van der Waals surface area contributed by atoms with Crippen LogP contribution in [0, 0.1) is 13.8 Å². The first kappa shape index (κ1) is 21.2. The van der Waals surface area contributed by atoms with Gasteiger partial charge in [-0.25, -0.2) is 9.97 Å². The molecule has 4 heterocycles. The quantitative estimate of drug-likeness (QED) is 0.371. The van der Waals surface area contributed by atoms with Gasteiger partial charge in [-0.15, -0.1) is 21.5 Å². The molecule has 0 radical (unpaired) electrons. The van der Waals surface area contributed by atoms with Gasteiger partial charge in [-0.05, 0) is 56.1 Å². The minimum Gasteiger partial charge on any atom is -0.379 e. The molecule has 1 aliphatic heterocycles. The van der Waals surface area contributed by atoms with Gasteiger partial charge in [-0.2, -0.15) is 0 Å². The lowest BCUT2D eigenvalue weighted by molar-refractivity contribution is 0.0330. The van der Waals surface area contributed by atoms with Crippen LogP contribution in [-0.4, -0.2) is 55.9 Å². The number of hydrogen-bond acceptors (Lipinski definition) is 8. The first-order valence-corrected chi connectivity index (χ1v) is 13.1. The average molecular weight is 479 g/mol. The molecule has 9 heteroatoms. The summed E-state index contributed by atoms with van der Waals surface area (Å²) in [5.41, 5.74) is 2.35. The molecule has 1 aliphatic carbocycles. The third-order valence-electron chi connectivity index (χ3n) is 6.31. The van der Waals surface area contributed by atoms with Gasteiger partial charge in [0.05, 0.1) is 19.8 Å². The minimum absolute atomic E-state index is 0.500. The van der Waals surface area contributed by atoms with E-state index < -0.39 is 0 Å². The largest absolute Gasteiger partial charge is 0.379 e. The van der Waals surface area contributed by atoms with Gasteiger partial charge in [0, 0.05) is 35.0 Å². The number of ether oxygens (including phenoxy) is 1. The number of rotatable bonds is 6. The zero-order valence-electron chi connectivity index (χ0n) is 18.8. The highest BCUT2D eigenvalue weighted by atomic mass is 32.2. The molecule has 2 aliphatic rings. The van der Waals surface area contributed by atoms with Gasteiger partial charge in [-0.3, -0.25) is 9.47 Å². The maximum absolute atomic E-state index is 5.51. The van der Waals surface area contributed by atoms with Crippen molar-refractivity contribution in [2.45, 2.75) is 49.3 Å². The molecule has 170 valence electrons. The number of aryl methyl sites for hydroxylation is 2. The summed E-state index contributed by atoms with van der Waals surface area (Å²) in [5, 5.41) is 12.2. The van der Waals surface area contributed by atoms with Gasteiger partial charge >= 0.3 is 0 Å². The Morgan fingerprint density at radius 2 is 1.85 bits per heavy atom. The fourth-order valence-corrected chi connectivity index (χ4v) is 6.38. The first-order valence-electron chi connectivity index (χ1n) is 11.4. The Morgan fingerprint density at radius 1 is 1.06 bits per heavy atom. The number of fused-ring (bicyclic) bond motifs is 1. The molecule has 1 aromatic carbocycles. The molecule has 0 atom stereocenters. The van der Waals surface area contributed by atoms with Crippen LogP contribution in [0.15, 0.2) is 40.5 Å². The van der Waals surface area contributed by atoms with E-state index in [1.165, 1.54) is 23.3 Å². The minimum atomic E-state index is 0.500. The molecular weight excluding hydrogens is 452 g/mol. The van der Waals surface area contributed by atoms with E-state index >= 15 is 0 Å². The van der Waals surface area contributed by atoms with E-state index in [2.05, 4.69) is 57.8 Å². The standard InChI is InChI=1S/C24H26N6OS2/c1-15-16(2)32-22-20(15)23(26-19(25-22)14-29-10-12-31-13-11-29)33-24-28-27-21(17-8-9-17)30(24)18-6-4-3-5-7-18/h3-7,17H,8-14H2,1-2H3. The summed E-state index contributed by atoms with van der Waals surface area (Å²) in [6.45, 7) is 8.44. The van der Waals surface area contributed by atoms with Crippen molar-refractivity contribution in [2.75, 3.05) is 26.3 Å². The van der Waals surface area contributed by atoms with E-state index in [4.69, 9.17) is 14.7 Å².